The van der Waals surface area contributed by atoms with Crippen LogP contribution >= 0.6 is 0 Å². The van der Waals surface area contributed by atoms with Crippen LogP contribution in [-0.2, 0) is 20.7 Å². The molecule has 1 unspecified atom stereocenters. The van der Waals surface area contributed by atoms with E-state index in [0.29, 0.717) is 32.5 Å². The van der Waals surface area contributed by atoms with Crippen molar-refractivity contribution in [1.29, 1.82) is 0 Å². The number of hydrogen-bond acceptors (Lipinski definition) is 4. The van der Waals surface area contributed by atoms with E-state index >= 15 is 0 Å². The fourth-order valence-corrected chi connectivity index (χ4v) is 3.75. The molecule has 0 saturated carbocycles. The number of pyridine rings is 1. The van der Waals surface area contributed by atoms with Crippen molar-refractivity contribution in [3.63, 3.8) is 0 Å². The maximum atomic E-state index is 12.6. The minimum atomic E-state index is -0.125. The first-order valence-electron chi connectivity index (χ1n) is 9.03. The Kier molecular flexibility index (Phi) is 5.37. The second-order valence-electron chi connectivity index (χ2n) is 7.53. The molecule has 2 saturated heterocycles. The van der Waals surface area contributed by atoms with Crippen molar-refractivity contribution < 1.29 is 14.3 Å². The van der Waals surface area contributed by atoms with Crippen LogP contribution in [0, 0.1) is 5.41 Å². The first-order chi connectivity index (χ1) is 12.0. The summed E-state index contributed by atoms with van der Waals surface area (Å²) < 4.78 is 5.64. The van der Waals surface area contributed by atoms with E-state index in [-0.39, 0.29) is 29.9 Å². The number of hydrogen-bond donors (Lipinski definition) is 0. The quantitative estimate of drug-likeness (QED) is 0.830. The standard InChI is InChI=1S/C19H27N3O3/c1-15(2)22-13-19(14-25-11-18(22)24)7-9-21(12-19)17(23)6-5-16-4-3-8-20-10-16/h3-4,8,10,15H,5-7,9,11-14H2,1-2H3. The van der Waals surface area contributed by atoms with Crippen molar-refractivity contribution in [2.24, 2.45) is 5.41 Å². The highest BCUT2D eigenvalue weighted by molar-refractivity contribution is 5.78. The molecular weight excluding hydrogens is 318 g/mol. The Morgan fingerprint density at radius 2 is 2.24 bits per heavy atom. The highest BCUT2D eigenvalue weighted by atomic mass is 16.5. The molecule has 0 bridgehead atoms. The molecule has 1 spiro atoms. The average molecular weight is 345 g/mol. The van der Waals surface area contributed by atoms with Gasteiger partial charge >= 0.3 is 0 Å². The number of likely N-dealkylation sites (tertiary alicyclic amines) is 1. The van der Waals surface area contributed by atoms with Gasteiger partial charge in [-0.1, -0.05) is 6.07 Å². The summed E-state index contributed by atoms with van der Waals surface area (Å²) >= 11 is 0. The highest BCUT2D eigenvalue weighted by Gasteiger charge is 2.44. The molecule has 2 amide bonds. The number of nitrogens with zero attached hydrogens (tertiary/aromatic N) is 3. The number of amides is 2. The first kappa shape index (κ1) is 17.9. The van der Waals surface area contributed by atoms with Gasteiger partial charge in [-0.25, -0.2) is 0 Å². The third-order valence-electron chi connectivity index (χ3n) is 5.22. The van der Waals surface area contributed by atoms with Gasteiger partial charge in [-0.2, -0.15) is 0 Å². The van der Waals surface area contributed by atoms with Gasteiger partial charge in [0.25, 0.3) is 0 Å². The van der Waals surface area contributed by atoms with Crippen molar-refractivity contribution in [2.75, 3.05) is 32.8 Å². The lowest BCUT2D eigenvalue weighted by Gasteiger charge is -2.34. The summed E-state index contributed by atoms with van der Waals surface area (Å²) in [6.45, 7) is 6.86. The number of rotatable bonds is 4. The van der Waals surface area contributed by atoms with Gasteiger partial charge in [0.1, 0.15) is 6.61 Å². The molecule has 6 heteroatoms. The van der Waals surface area contributed by atoms with Crippen LogP contribution in [0.5, 0.6) is 0 Å². The summed E-state index contributed by atoms with van der Waals surface area (Å²) in [5, 5.41) is 0. The van der Waals surface area contributed by atoms with Crippen molar-refractivity contribution in [3.8, 4) is 0 Å². The van der Waals surface area contributed by atoms with E-state index in [1.165, 1.54) is 0 Å². The Morgan fingerprint density at radius 1 is 1.40 bits per heavy atom. The van der Waals surface area contributed by atoms with Crippen LogP contribution in [0.1, 0.15) is 32.3 Å². The Labute approximate surface area is 149 Å². The Morgan fingerprint density at radius 3 is 2.96 bits per heavy atom. The van der Waals surface area contributed by atoms with Gasteiger partial charge in [-0.15, -0.1) is 0 Å². The van der Waals surface area contributed by atoms with E-state index in [1.807, 2.05) is 42.0 Å². The van der Waals surface area contributed by atoms with Gasteiger partial charge < -0.3 is 14.5 Å². The lowest BCUT2D eigenvalue weighted by molar-refractivity contribution is -0.135. The van der Waals surface area contributed by atoms with Crippen LogP contribution < -0.4 is 0 Å². The summed E-state index contributed by atoms with van der Waals surface area (Å²) in [6, 6.07) is 4.05. The molecule has 1 aromatic heterocycles. The zero-order chi connectivity index (χ0) is 17.9. The molecule has 2 aliphatic rings. The van der Waals surface area contributed by atoms with Gasteiger partial charge in [0.2, 0.25) is 11.8 Å². The monoisotopic (exact) mass is 345 g/mol. The molecule has 3 heterocycles. The van der Waals surface area contributed by atoms with Gasteiger partial charge in [-0.05, 0) is 38.3 Å². The predicted molar refractivity (Wildman–Crippen MR) is 93.9 cm³/mol. The first-order valence-corrected chi connectivity index (χ1v) is 9.03. The molecule has 25 heavy (non-hydrogen) atoms. The zero-order valence-corrected chi connectivity index (χ0v) is 15.1. The zero-order valence-electron chi connectivity index (χ0n) is 15.1. The molecular formula is C19H27N3O3. The molecule has 0 N–H and O–H groups in total. The van der Waals surface area contributed by atoms with E-state index in [2.05, 4.69) is 4.98 Å². The maximum absolute atomic E-state index is 12.6. The summed E-state index contributed by atoms with van der Waals surface area (Å²) in [6.07, 6.45) is 5.65. The minimum absolute atomic E-state index is 0.0493. The molecule has 0 radical (unpaired) electrons. The summed E-state index contributed by atoms with van der Waals surface area (Å²) in [5.74, 6) is 0.223. The summed E-state index contributed by atoms with van der Waals surface area (Å²) in [4.78, 5) is 32.7. The van der Waals surface area contributed by atoms with Crippen LogP contribution in [0.3, 0.4) is 0 Å². The van der Waals surface area contributed by atoms with Crippen molar-refractivity contribution in [2.45, 2.75) is 39.2 Å². The molecule has 2 aliphatic heterocycles. The topological polar surface area (TPSA) is 62.7 Å². The SMILES string of the molecule is CC(C)N1CC2(CCN(C(=O)CCc3cccnc3)C2)COCC1=O. The van der Waals surface area contributed by atoms with Crippen LogP contribution in [0.4, 0.5) is 0 Å². The van der Waals surface area contributed by atoms with Crippen LogP contribution in [-0.4, -0.2) is 65.5 Å². The Bertz CT molecular complexity index is 620. The molecule has 0 aliphatic carbocycles. The molecule has 1 aromatic rings. The second kappa shape index (κ2) is 7.52. The molecule has 6 nitrogen and oxygen atoms in total. The summed E-state index contributed by atoms with van der Waals surface area (Å²) in [5.41, 5.74) is 0.958. The van der Waals surface area contributed by atoms with Gasteiger partial charge in [0.15, 0.2) is 0 Å². The molecule has 2 fully saturated rings. The normalized spacial score (nSPS) is 24.2. The van der Waals surface area contributed by atoms with Crippen LogP contribution in [0.2, 0.25) is 0 Å². The fourth-order valence-electron chi connectivity index (χ4n) is 3.75. The van der Waals surface area contributed by atoms with Gasteiger partial charge in [0.05, 0.1) is 6.61 Å². The number of carbonyl (C=O) groups is 2. The maximum Gasteiger partial charge on any atom is 0.248 e. The van der Waals surface area contributed by atoms with E-state index in [4.69, 9.17) is 4.74 Å². The Hall–Kier alpha value is -1.95. The van der Waals surface area contributed by atoms with Crippen LogP contribution in [0.25, 0.3) is 0 Å². The van der Waals surface area contributed by atoms with E-state index < -0.39 is 0 Å². The van der Waals surface area contributed by atoms with Crippen molar-refractivity contribution in [1.82, 2.24) is 14.8 Å². The lowest BCUT2D eigenvalue weighted by Crippen LogP contribution is -2.46. The van der Waals surface area contributed by atoms with Crippen molar-refractivity contribution >= 4 is 11.8 Å². The molecule has 3 rings (SSSR count). The van der Waals surface area contributed by atoms with E-state index in [0.717, 1.165) is 18.5 Å². The Balaban J connectivity index is 1.59. The van der Waals surface area contributed by atoms with Gasteiger partial charge in [-0.3, -0.25) is 14.6 Å². The van der Waals surface area contributed by atoms with E-state index in [1.54, 1.807) is 6.20 Å². The number of ether oxygens (including phenoxy) is 1. The molecule has 136 valence electrons. The lowest BCUT2D eigenvalue weighted by atomic mass is 9.87. The predicted octanol–water partition coefficient (Wildman–Crippen LogP) is 1.50. The smallest absolute Gasteiger partial charge is 0.248 e. The second-order valence-corrected chi connectivity index (χ2v) is 7.53. The third-order valence-corrected chi connectivity index (χ3v) is 5.22. The number of aromatic nitrogens is 1. The van der Waals surface area contributed by atoms with E-state index in [9.17, 15) is 9.59 Å². The van der Waals surface area contributed by atoms with Gasteiger partial charge in [0, 0.05) is 49.9 Å². The number of carbonyl (C=O) groups excluding carboxylic acids is 2. The van der Waals surface area contributed by atoms with Crippen LogP contribution in [0.15, 0.2) is 24.5 Å². The fraction of sp³-hybridized carbons (Fsp3) is 0.632. The highest BCUT2D eigenvalue weighted by Crippen LogP contribution is 2.34. The number of aryl methyl sites for hydroxylation is 1. The molecule has 0 aromatic carbocycles. The largest absolute Gasteiger partial charge is 0.371 e. The molecule has 1 atom stereocenters. The minimum Gasteiger partial charge on any atom is -0.371 e. The summed E-state index contributed by atoms with van der Waals surface area (Å²) in [7, 11) is 0. The van der Waals surface area contributed by atoms with Crippen molar-refractivity contribution in [3.05, 3.63) is 30.1 Å². The average Bonchev–Trinajstić information content (AvgIpc) is 2.94. The third kappa shape index (κ3) is 4.18.